The minimum atomic E-state index is -4.83. The molecule has 2 N–H and O–H groups in total. The second-order valence-electron chi connectivity index (χ2n) is 9.29. The summed E-state index contributed by atoms with van der Waals surface area (Å²) < 4.78 is 46.7. The molecule has 0 aliphatic carbocycles. The lowest BCUT2D eigenvalue weighted by Gasteiger charge is -2.31. The maximum Gasteiger partial charge on any atom is 0.437 e. The van der Waals surface area contributed by atoms with Gasteiger partial charge in [0.25, 0.3) is 11.9 Å². The standard InChI is InChI=1S/C26H29F3N6O2/c27-26(28,29)23-22(24(36)32-20-7-8-21(31-17-20)34-13-4-11-30-12-16-34)37-25(33-23)35-14-9-19(10-15-35)18-5-2-1-3-6-18/h1-3,5-8,17,19,30H,4,9-16H2,(H,32,36). The highest BCUT2D eigenvalue weighted by atomic mass is 19.4. The van der Waals surface area contributed by atoms with Crippen LogP contribution in [0.25, 0.3) is 0 Å². The number of nitrogens with one attached hydrogen (secondary N) is 2. The Labute approximate surface area is 212 Å². The third kappa shape index (κ3) is 5.87. The van der Waals surface area contributed by atoms with Crippen LogP contribution in [0.5, 0.6) is 0 Å². The fourth-order valence-electron chi connectivity index (χ4n) is 4.83. The van der Waals surface area contributed by atoms with Crippen molar-refractivity contribution >= 4 is 23.4 Å². The molecular weight excluding hydrogens is 485 g/mol. The monoisotopic (exact) mass is 514 g/mol. The molecule has 2 aliphatic rings. The van der Waals surface area contributed by atoms with E-state index in [0.717, 1.165) is 51.3 Å². The number of hydrogen-bond acceptors (Lipinski definition) is 7. The van der Waals surface area contributed by atoms with Crippen molar-refractivity contribution < 1.29 is 22.4 Å². The Bertz CT molecular complexity index is 1180. The summed E-state index contributed by atoms with van der Waals surface area (Å²) in [4.78, 5) is 24.7. The Balaban J connectivity index is 1.28. The van der Waals surface area contributed by atoms with Gasteiger partial charge in [-0.15, -0.1) is 0 Å². The number of rotatable bonds is 5. The van der Waals surface area contributed by atoms with E-state index in [-0.39, 0.29) is 11.7 Å². The molecule has 3 aromatic rings. The van der Waals surface area contributed by atoms with Gasteiger partial charge in [-0.2, -0.15) is 18.2 Å². The number of carbonyl (C=O) groups is 1. The molecule has 0 unspecified atom stereocenters. The molecule has 2 aromatic heterocycles. The zero-order valence-electron chi connectivity index (χ0n) is 20.3. The molecule has 2 fully saturated rings. The number of aromatic nitrogens is 2. The van der Waals surface area contributed by atoms with E-state index in [1.54, 1.807) is 17.0 Å². The van der Waals surface area contributed by atoms with Gasteiger partial charge < -0.3 is 24.9 Å². The Morgan fingerprint density at radius 1 is 1.00 bits per heavy atom. The van der Waals surface area contributed by atoms with Crippen LogP contribution in [0.1, 0.15) is 47.0 Å². The lowest BCUT2D eigenvalue weighted by atomic mass is 9.90. The van der Waals surface area contributed by atoms with E-state index in [4.69, 9.17) is 4.42 Å². The van der Waals surface area contributed by atoms with Crippen LogP contribution in [-0.4, -0.2) is 55.1 Å². The molecule has 4 heterocycles. The van der Waals surface area contributed by atoms with Crippen molar-refractivity contribution in [3.05, 3.63) is 65.7 Å². The molecule has 37 heavy (non-hydrogen) atoms. The largest absolute Gasteiger partial charge is 0.437 e. The van der Waals surface area contributed by atoms with Gasteiger partial charge in [0, 0.05) is 32.7 Å². The number of oxazole rings is 1. The van der Waals surface area contributed by atoms with E-state index >= 15 is 0 Å². The number of hydrogen-bond donors (Lipinski definition) is 2. The summed E-state index contributed by atoms with van der Waals surface area (Å²) in [5, 5.41) is 5.79. The van der Waals surface area contributed by atoms with Crippen molar-refractivity contribution in [2.24, 2.45) is 0 Å². The van der Waals surface area contributed by atoms with Crippen LogP contribution >= 0.6 is 0 Å². The number of halogens is 3. The lowest BCUT2D eigenvalue weighted by molar-refractivity contribution is -0.141. The molecule has 0 radical (unpaired) electrons. The Morgan fingerprint density at radius 3 is 2.49 bits per heavy atom. The van der Waals surface area contributed by atoms with E-state index < -0.39 is 23.5 Å². The predicted octanol–water partition coefficient (Wildman–Crippen LogP) is 4.52. The molecule has 11 heteroatoms. The third-order valence-corrected chi connectivity index (χ3v) is 6.80. The van der Waals surface area contributed by atoms with E-state index in [1.807, 2.05) is 18.2 Å². The summed E-state index contributed by atoms with van der Waals surface area (Å²) in [6.45, 7) is 4.40. The van der Waals surface area contributed by atoms with E-state index in [2.05, 4.69) is 37.6 Å². The van der Waals surface area contributed by atoms with Gasteiger partial charge in [0.1, 0.15) is 5.82 Å². The molecule has 1 amide bonds. The molecule has 0 atom stereocenters. The van der Waals surface area contributed by atoms with Gasteiger partial charge >= 0.3 is 6.18 Å². The molecular formula is C26H29F3N6O2. The zero-order chi connectivity index (χ0) is 25.8. The number of anilines is 3. The van der Waals surface area contributed by atoms with Crippen molar-refractivity contribution in [2.75, 3.05) is 54.4 Å². The number of alkyl halides is 3. The summed E-state index contributed by atoms with van der Waals surface area (Å²) in [6, 6.07) is 13.2. The van der Waals surface area contributed by atoms with Crippen LogP contribution in [0.3, 0.4) is 0 Å². The highest BCUT2D eigenvalue weighted by Gasteiger charge is 2.42. The number of piperidine rings is 1. The van der Waals surface area contributed by atoms with Crippen molar-refractivity contribution in [2.45, 2.75) is 31.4 Å². The first-order chi connectivity index (χ1) is 17.9. The third-order valence-electron chi connectivity index (χ3n) is 6.80. The fraction of sp³-hybridized carbons (Fsp3) is 0.423. The minimum Gasteiger partial charge on any atom is -0.417 e. The predicted molar refractivity (Wildman–Crippen MR) is 134 cm³/mol. The molecule has 1 aromatic carbocycles. The van der Waals surface area contributed by atoms with Gasteiger partial charge in [-0.3, -0.25) is 4.79 Å². The minimum absolute atomic E-state index is 0.188. The van der Waals surface area contributed by atoms with Crippen LogP contribution in [0.2, 0.25) is 0 Å². The normalized spacial score (nSPS) is 17.5. The van der Waals surface area contributed by atoms with Crippen molar-refractivity contribution in [3.63, 3.8) is 0 Å². The van der Waals surface area contributed by atoms with Crippen LogP contribution in [-0.2, 0) is 6.18 Å². The highest BCUT2D eigenvalue weighted by Crippen LogP contribution is 2.36. The molecule has 2 aliphatic heterocycles. The van der Waals surface area contributed by atoms with Gasteiger partial charge in [0.2, 0.25) is 5.76 Å². The maximum atomic E-state index is 13.8. The summed E-state index contributed by atoms with van der Waals surface area (Å²) in [5.41, 5.74) is 0.154. The smallest absolute Gasteiger partial charge is 0.417 e. The molecule has 0 saturated carbocycles. The number of benzene rings is 1. The van der Waals surface area contributed by atoms with E-state index in [9.17, 15) is 18.0 Å². The number of amides is 1. The average Bonchev–Trinajstić information content (AvgIpc) is 3.20. The van der Waals surface area contributed by atoms with Crippen LogP contribution < -0.4 is 20.4 Å². The van der Waals surface area contributed by atoms with E-state index in [1.165, 1.54) is 11.8 Å². The first-order valence-corrected chi connectivity index (χ1v) is 12.5. The van der Waals surface area contributed by atoms with Crippen molar-refractivity contribution in [1.82, 2.24) is 15.3 Å². The van der Waals surface area contributed by atoms with Crippen molar-refractivity contribution in [1.29, 1.82) is 0 Å². The summed E-state index contributed by atoms with van der Waals surface area (Å²) in [6.07, 6.45) is -0.914. The zero-order valence-corrected chi connectivity index (χ0v) is 20.3. The Hall–Kier alpha value is -3.60. The number of carbonyl (C=O) groups excluding carboxylic acids is 1. The second-order valence-corrected chi connectivity index (χ2v) is 9.29. The summed E-state index contributed by atoms with van der Waals surface area (Å²) >= 11 is 0. The molecule has 196 valence electrons. The molecule has 0 spiro atoms. The molecule has 0 bridgehead atoms. The van der Waals surface area contributed by atoms with Gasteiger partial charge in [0.05, 0.1) is 11.9 Å². The molecule has 2 saturated heterocycles. The van der Waals surface area contributed by atoms with Crippen molar-refractivity contribution in [3.8, 4) is 0 Å². The van der Waals surface area contributed by atoms with Crippen LogP contribution in [0, 0.1) is 0 Å². The topological polar surface area (TPSA) is 86.5 Å². The Kier molecular flexibility index (Phi) is 7.31. The fourth-order valence-corrected chi connectivity index (χ4v) is 4.83. The quantitative estimate of drug-likeness (QED) is 0.518. The van der Waals surface area contributed by atoms with Gasteiger partial charge in [-0.1, -0.05) is 30.3 Å². The summed E-state index contributed by atoms with van der Waals surface area (Å²) in [5.74, 6) is -0.800. The maximum absolute atomic E-state index is 13.8. The SMILES string of the molecule is O=C(Nc1ccc(N2CCCNCC2)nc1)c1oc(N2CCC(c3ccccc3)CC2)nc1C(F)(F)F. The first-order valence-electron chi connectivity index (χ1n) is 12.5. The average molecular weight is 515 g/mol. The summed E-state index contributed by atoms with van der Waals surface area (Å²) in [7, 11) is 0. The van der Waals surface area contributed by atoms with Gasteiger partial charge in [-0.05, 0) is 49.4 Å². The Morgan fingerprint density at radius 2 is 1.78 bits per heavy atom. The number of pyridine rings is 1. The second kappa shape index (κ2) is 10.8. The highest BCUT2D eigenvalue weighted by molar-refractivity contribution is 6.03. The van der Waals surface area contributed by atoms with Crippen LogP contribution in [0.15, 0.2) is 53.1 Å². The van der Waals surface area contributed by atoms with Crippen LogP contribution in [0.4, 0.5) is 30.7 Å². The molecule has 5 rings (SSSR count). The molecule has 8 nitrogen and oxygen atoms in total. The first kappa shape index (κ1) is 25.1. The van der Waals surface area contributed by atoms with E-state index in [0.29, 0.717) is 19.0 Å². The van der Waals surface area contributed by atoms with Gasteiger partial charge in [0.15, 0.2) is 5.69 Å². The lowest BCUT2D eigenvalue weighted by Crippen LogP contribution is -2.33. The van der Waals surface area contributed by atoms with Gasteiger partial charge in [-0.25, -0.2) is 4.98 Å². The number of nitrogens with zero attached hydrogens (tertiary/aromatic N) is 4.